The van der Waals surface area contributed by atoms with Crippen LogP contribution >= 0.6 is 0 Å². The number of hydrogen-bond acceptors (Lipinski definition) is 2. The van der Waals surface area contributed by atoms with Gasteiger partial charge in [-0.05, 0) is 19.4 Å². The highest BCUT2D eigenvalue weighted by Gasteiger charge is 2.15. The average molecular weight is 193 g/mol. The fourth-order valence-corrected chi connectivity index (χ4v) is 1.26. The molecule has 0 aliphatic heterocycles. The number of aliphatic hydroxyl groups is 1. The SMILES string of the molecule is CCNC(=O)C(O)c1cccc(C)c1. The number of hydrogen-bond donors (Lipinski definition) is 2. The van der Waals surface area contributed by atoms with Crippen molar-refractivity contribution in [2.45, 2.75) is 20.0 Å². The highest BCUT2D eigenvalue weighted by Crippen LogP contribution is 2.13. The molecule has 0 heterocycles. The monoisotopic (exact) mass is 193 g/mol. The summed E-state index contributed by atoms with van der Waals surface area (Å²) < 4.78 is 0. The average Bonchev–Trinajstić information content (AvgIpc) is 2.17. The van der Waals surface area contributed by atoms with E-state index in [-0.39, 0.29) is 5.91 Å². The first-order valence-corrected chi connectivity index (χ1v) is 4.67. The van der Waals surface area contributed by atoms with E-state index in [0.717, 1.165) is 5.56 Å². The van der Waals surface area contributed by atoms with Gasteiger partial charge in [-0.1, -0.05) is 29.8 Å². The molecule has 0 bridgehead atoms. The molecule has 1 rings (SSSR count). The molecule has 2 N–H and O–H groups in total. The summed E-state index contributed by atoms with van der Waals surface area (Å²) in [5, 5.41) is 12.2. The number of benzene rings is 1. The summed E-state index contributed by atoms with van der Waals surface area (Å²) in [4.78, 5) is 11.3. The Hall–Kier alpha value is -1.35. The Balaban J connectivity index is 2.78. The van der Waals surface area contributed by atoms with E-state index in [2.05, 4.69) is 5.32 Å². The van der Waals surface area contributed by atoms with Crippen LogP contribution in [-0.2, 0) is 4.79 Å². The predicted octanol–water partition coefficient (Wildman–Crippen LogP) is 1.16. The predicted molar refractivity (Wildman–Crippen MR) is 54.8 cm³/mol. The molecule has 0 fully saturated rings. The first-order chi connectivity index (χ1) is 6.65. The van der Waals surface area contributed by atoms with Gasteiger partial charge in [0.05, 0.1) is 0 Å². The van der Waals surface area contributed by atoms with Crippen molar-refractivity contribution in [1.82, 2.24) is 5.32 Å². The Bertz CT molecular complexity index is 323. The summed E-state index contributed by atoms with van der Waals surface area (Å²) in [6.45, 7) is 4.27. The molecule has 1 aromatic rings. The van der Waals surface area contributed by atoms with Crippen LogP contribution in [0.4, 0.5) is 0 Å². The van der Waals surface area contributed by atoms with Gasteiger partial charge in [-0.2, -0.15) is 0 Å². The van der Waals surface area contributed by atoms with Gasteiger partial charge < -0.3 is 10.4 Å². The highest BCUT2D eigenvalue weighted by molar-refractivity contribution is 5.81. The minimum atomic E-state index is -1.06. The molecule has 3 nitrogen and oxygen atoms in total. The van der Waals surface area contributed by atoms with Crippen molar-refractivity contribution in [2.24, 2.45) is 0 Å². The van der Waals surface area contributed by atoms with E-state index >= 15 is 0 Å². The molecule has 0 saturated carbocycles. The number of carbonyl (C=O) groups is 1. The Kier molecular flexibility index (Phi) is 3.65. The Morgan fingerprint density at radius 3 is 2.86 bits per heavy atom. The normalized spacial score (nSPS) is 12.2. The van der Waals surface area contributed by atoms with Gasteiger partial charge in [0.15, 0.2) is 6.10 Å². The maximum absolute atomic E-state index is 11.3. The van der Waals surface area contributed by atoms with E-state index in [9.17, 15) is 9.90 Å². The second kappa shape index (κ2) is 4.77. The maximum Gasteiger partial charge on any atom is 0.253 e. The molecule has 14 heavy (non-hydrogen) atoms. The summed E-state index contributed by atoms with van der Waals surface area (Å²) in [5.74, 6) is -0.349. The zero-order valence-electron chi connectivity index (χ0n) is 8.45. The summed E-state index contributed by atoms with van der Waals surface area (Å²) in [5.41, 5.74) is 1.67. The molecule has 1 amide bonds. The van der Waals surface area contributed by atoms with Crippen molar-refractivity contribution in [3.63, 3.8) is 0 Å². The third-order valence-corrected chi connectivity index (χ3v) is 1.96. The van der Waals surface area contributed by atoms with Crippen LogP contribution in [0.15, 0.2) is 24.3 Å². The molecular weight excluding hydrogens is 178 g/mol. The first-order valence-electron chi connectivity index (χ1n) is 4.67. The molecular formula is C11H15NO2. The highest BCUT2D eigenvalue weighted by atomic mass is 16.3. The summed E-state index contributed by atoms with van der Waals surface area (Å²) in [7, 11) is 0. The van der Waals surface area contributed by atoms with Crippen molar-refractivity contribution < 1.29 is 9.90 Å². The largest absolute Gasteiger partial charge is 0.378 e. The van der Waals surface area contributed by atoms with Gasteiger partial charge in [0.2, 0.25) is 0 Å². The smallest absolute Gasteiger partial charge is 0.253 e. The van der Waals surface area contributed by atoms with Crippen LogP contribution in [0.1, 0.15) is 24.2 Å². The van der Waals surface area contributed by atoms with E-state index in [1.54, 1.807) is 12.1 Å². The minimum absolute atomic E-state index is 0.349. The van der Waals surface area contributed by atoms with Crippen molar-refractivity contribution >= 4 is 5.91 Å². The number of likely N-dealkylation sites (N-methyl/N-ethyl adjacent to an activating group) is 1. The molecule has 1 unspecified atom stereocenters. The third kappa shape index (κ3) is 2.57. The number of aryl methyl sites for hydroxylation is 1. The summed E-state index contributed by atoms with van der Waals surface area (Å²) >= 11 is 0. The molecule has 76 valence electrons. The van der Waals surface area contributed by atoms with Crippen LogP contribution in [0.3, 0.4) is 0 Å². The lowest BCUT2D eigenvalue weighted by atomic mass is 10.1. The third-order valence-electron chi connectivity index (χ3n) is 1.96. The molecule has 0 radical (unpaired) electrons. The van der Waals surface area contributed by atoms with Crippen LogP contribution in [0.25, 0.3) is 0 Å². The van der Waals surface area contributed by atoms with Gasteiger partial charge in [0, 0.05) is 6.54 Å². The van der Waals surface area contributed by atoms with Crippen LogP contribution < -0.4 is 5.32 Å². The van der Waals surface area contributed by atoms with Crippen molar-refractivity contribution in [1.29, 1.82) is 0 Å². The standard InChI is InChI=1S/C11H15NO2/c1-3-12-11(14)10(13)9-6-4-5-8(2)7-9/h4-7,10,13H,3H2,1-2H3,(H,12,14). The lowest BCUT2D eigenvalue weighted by Crippen LogP contribution is -2.28. The van der Waals surface area contributed by atoms with Crippen LogP contribution in [-0.4, -0.2) is 17.6 Å². The first kappa shape index (κ1) is 10.7. The Labute approximate surface area is 83.8 Å². The quantitative estimate of drug-likeness (QED) is 0.757. The van der Waals surface area contributed by atoms with Crippen molar-refractivity contribution in [3.05, 3.63) is 35.4 Å². The van der Waals surface area contributed by atoms with Crippen molar-refractivity contribution in [2.75, 3.05) is 6.54 Å². The van der Waals surface area contributed by atoms with Gasteiger partial charge in [0.25, 0.3) is 5.91 Å². The second-order valence-electron chi connectivity index (χ2n) is 3.21. The van der Waals surface area contributed by atoms with Gasteiger partial charge in [-0.3, -0.25) is 4.79 Å². The van der Waals surface area contributed by atoms with Crippen LogP contribution in [0.5, 0.6) is 0 Å². The van der Waals surface area contributed by atoms with Gasteiger partial charge >= 0.3 is 0 Å². The molecule has 1 atom stereocenters. The molecule has 0 aliphatic rings. The molecule has 3 heteroatoms. The number of carbonyl (C=O) groups excluding carboxylic acids is 1. The maximum atomic E-state index is 11.3. The fraction of sp³-hybridized carbons (Fsp3) is 0.364. The number of aliphatic hydroxyl groups excluding tert-OH is 1. The number of nitrogens with one attached hydrogen (secondary N) is 1. The van der Waals surface area contributed by atoms with Gasteiger partial charge in [0.1, 0.15) is 0 Å². The topological polar surface area (TPSA) is 49.3 Å². The van der Waals surface area contributed by atoms with Gasteiger partial charge in [-0.25, -0.2) is 0 Å². The summed E-state index contributed by atoms with van der Waals surface area (Å²) in [6, 6.07) is 7.30. The van der Waals surface area contributed by atoms with E-state index in [0.29, 0.717) is 12.1 Å². The van der Waals surface area contributed by atoms with Crippen LogP contribution in [0.2, 0.25) is 0 Å². The molecule has 0 aromatic heterocycles. The van der Waals surface area contributed by atoms with Crippen LogP contribution in [0, 0.1) is 6.92 Å². The zero-order valence-corrected chi connectivity index (χ0v) is 8.45. The van der Waals surface area contributed by atoms with Crippen molar-refractivity contribution in [3.8, 4) is 0 Å². The zero-order chi connectivity index (χ0) is 10.6. The number of amides is 1. The second-order valence-corrected chi connectivity index (χ2v) is 3.21. The van der Waals surface area contributed by atoms with E-state index in [4.69, 9.17) is 0 Å². The Morgan fingerprint density at radius 1 is 1.57 bits per heavy atom. The Morgan fingerprint density at radius 2 is 2.29 bits per heavy atom. The molecule has 0 saturated heterocycles. The molecule has 0 aliphatic carbocycles. The fourth-order valence-electron chi connectivity index (χ4n) is 1.26. The van der Waals surface area contributed by atoms with E-state index in [1.807, 2.05) is 26.0 Å². The molecule has 1 aromatic carbocycles. The minimum Gasteiger partial charge on any atom is -0.378 e. The van der Waals surface area contributed by atoms with Gasteiger partial charge in [-0.15, -0.1) is 0 Å². The number of rotatable bonds is 3. The van der Waals surface area contributed by atoms with E-state index in [1.165, 1.54) is 0 Å². The summed E-state index contributed by atoms with van der Waals surface area (Å²) in [6.07, 6.45) is -1.06. The lowest BCUT2D eigenvalue weighted by molar-refractivity contribution is -0.129. The lowest BCUT2D eigenvalue weighted by Gasteiger charge is -2.10. The van der Waals surface area contributed by atoms with E-state index < -0.39 is 6.10 Å². The molecule has 0 spiro atoms.